The average Bonchev–Trinajstić information content (AvgIpc) is 2.54. The summed E-state index contributed by atoms with van der Waals surface area (Å²) in [5.41, 5.74) is 0. The lowest BCUT2D eigenvalue weighted by atomic mass is 9.98. The van der Waals surface area contributed by atoms with Gasteiger partial charge in [0.2, 0.25) is 11.8 Å². The van der Waals surface area contributed by atoms with Gasteiger partial charge < -0.3 is 14.9 Å². The van der Waals surface area contributed by atoms with Gasteiger partial charge in [-0.3, -0.25) is 14.4 Å². The van der Waals surface area contributed by atoms with Crippen molar-refractivity contribution in [3.05, 3.63) is 0 Å². The van der Waals surface area contributed by atoms with Crippen LogP contribution in [-0.2, 0) is 24.2 Å². The molecule has 144 valence electrons. The Balaban J connectivity index is 2.51. The van der Waals surface area contributed by atoms with Gasteiger partial charge in [-0.1, -0.05) is 19.8 Å². The van der Waals surface area contributed by atoms with Crippen LogP contribution in [0.2, 0.25) is 0 Å². The Morgan fingerprint density at radius 1 is 1.24 bits per heavy atom. The summed E-state index contributed by atoms with van der Waals surface area (Å²) in [6.07, 6.45) is 3.35. The van der Waals surface area contributed by atoms with Crippen molar-refractivity contribution >= 4 is 27.6 Å². The molecule has 1 rings (SSSR count). The lowest BCUT2D eigenvalue weighted by molar-refractivity contribution is -0.147. The van der Waals surface area contributed by atoms with Crippen molar-refractivity contribution in [2.45, 2.75) is 39.0 Å². The molecule has 0 radical (unpaired) electrons. The van der Waals surface area contributed by atoms with E-state index < -0.39 is 33.4 Å². The van der Waals surface area contributed by atoms with E-state index in [0.717, 1.165) is 17.7 Å². The standard InChI is InChI=1S/C16H28N2O6S/c1-3-4-5-9-25(23,24)12-15(20)17(2)11-14(19)18-8-6-7-13(10-18)16(21)22/h13H,3-12H2,1-2H3,(H,21,22). The number of hydrogen-bond donors (Lipinski definition) is 1. The van der Waals surface area contributed by atoms with Crippen LogP contribution in [0, 0.1) is 5.92 Å². The smallest absolute Gasteiger partial charge is 0.308 e. The second-order valence-corrected chi connectivity index (χ2v) is 8.75. The molecule has 1 atom stereocenters. The van der Waals surface area contributed by atoms with Crippen LogP contribution in [-0.4, -0.2) is 79.3 Å². The highest BCUT2D eigenvalue weighted by Gasteiger charge is 2.29. The zero-order valence-electron chi connectivity index (χ0n) is 14.9. The van der Waals surface area contributed by atoms with Crippen molar-refractivity contribution in [3.8, 4) is 0 Å². The van der Waals surface area contributed by atoms with E-state index in [0.29, 0.717) is 25.8 Å². The Kier molecular flexibility index (Phi) is 8.34. The molecule has 2 amide bonds. The molecule has 1 fully saturated rings. The number of carboxylic acid groups (broad SMARTS) is 1. The third-order valence-electron chi connectivity index (χ3n) is 4.32. The molecule has 1 unspecified atom stereocenters. The number of amides is 2. The SMILES string of the molecule is CCCCCS(=O)(=O)CC(=O)N(C)CC(=O)N1CCCC(C(=O)O)C1. The molecule has 1 aliphatic heterocycles. The second-order valence-electron chi connectivity index (χ2n) is 6.57. The van der Waals surface area contributed by atoms with Crippen molar-refractivity contribution in [1.82, 2.24) is 9.80 Å². The number of carbonyl (C=O) groups is 3. The van der Waals surface area contributed by atoms with Crippen LogP contribution in [0.15, 0.2) is 0 Å². The molecular formula is C16H28N2O6S. The quantitative estimate of drug-likeness (QED) is 0.582. The molecule has 8 nitrogen and oxygen atoms in total. The van der Waals surface area contributed by atoms with Crippen molar-refractivity contribution < 1.29 is 27.9 Å². The summed E-state index contributed by atoms with van der Waals surface area (Å²) in [6, 6.07) is 0. The van der Waals surface area contributed by atoms with E-state index in [1.807, 2.05) is 6.92 Å². The van der Waals surface area contributed by atoms with Crippen LogP contribution in [0.4, 0.5) is 0 Å². The van der Waals surface area contributed by atoms with Crippen LogP contribution in [0.3, 0.4) is 0 Å². The molecule has 0 aromatic carbocycles. The van der Waals surface area contributed by atoms with Crippen LogP contribution < -0.4 is 0 Å². The van der Waals surface area contributed by atoms with E-state index in [2.05, 4.69) is 0 Å². The number of hydrogen-bond acceptors (Lipinski definition) is 5. The Hall–Kier alpha value is -1.64. The van der Waals surface area contributed by atoms with E-state index in [-0.39, 0.29) is 24.7 Å². The van der Waals surface area contributed by atoms with Gasteiger partial charge in [-0.15, -0.1) is 0 Å². The van der Waals surface area contributed by atoms with E-state index in [9.17, 15) is 22.8 Å². The van der Waals surface area contributed by atoms with E-state index in [1.54, 1.807) is 0 Å². The van der Waals surface area contributed by atoms with E-state index in [4.69, 9.17) is 5.11 Å². The van der Waals surface area contributed by atoms with Gasteiger partial charge in [0.05, 0.1) is 18.2 Å². The van der Waals surface area contributed by atoms with Crippen LogP contribution >= 0.6 is 0 Å². The molecule has 0 aliphatic carbocycles. The monoisotopic (exact) mass is 376 g/mol. The van der Waals surface area contributed by atoms with Gasteiger partial charge in [0.1, 0.15) is 5.75 Å². The summed E-state index contributed by atoms with van der Waals surface area (Å²) >= 11 is 0. The molecule has 9 heteroatoms. The molecular weight excluding hydrogens is 348 g/mol. The van der Waals surface area contributed by atoms with Crippen molar-refractivity contribution in [3.63, 3.8) is 0 Å². The van der Waals surface area contributed by atoms with Crippen LogP contribution in [0.5, 0.6) is 0 Å². The third kappa shape index (κ3) is 7.41. The zero-order valence-corrected chi connectivity index (χ0v) is 15.8. The first kappa shape index (κ1) is 21.4. The van der Waals surface area contributed by atoms with Gasteiger partial charge in [0.15, 0.2) is 9.84 Å². The van der Waals surface area contributed by atoms with E-state index >= 15 is 0 Å². The molecule has 1 N–H and O–H groups in total. The third-order valence-corrected chi connectivity index (χ3v) is 5.92. The van der Waals surface area contributed by atoms with Gasteiger partial charge in [0, 0.05) is 20.1 Å². The average molecular weight is 376 g/mol. The Labute approximate surface area is 149 Å². The Morgan fingerprint density at radius 3 is 2.52 bits per heavy atom. The molecule has 25 heavy (non-hydrogen) atoms. The highest BCUT2D eigenvalue weighted by molar-refractivity contribution is 7.92. The van der Waals surface area contributed by atoms with Gasteiger partial charge in [-0.25, -0.2) is 8.42 Å². The van der Waals surface area contributed by atoms with Crippen LogP contribution in [0.25, 0.3) is 0 Å². The molecule has 1 saturated heterocycles. The fourth-order valence-corrected chi connectivity index (χ4v) is 4.12. The summed E-state index contributed by atoms with van der Waals surface area (Å²) < 4.78 is 23.8. The maximum atomic E-state index is 12.2. The first-order valence-corrected chi connectivity index (χ1v) is 10.4. The summed E-state index contributed by atoms with van der Waals surface area (Å²) in [7, 11) is -2.08. The number of likely N-dealkylation sites (tertiary alicyclic amines) is 1. The van der Waals surface area contributed by atoms with Gasteiger partial charge in [0.25, 0.3) is 0 Å². The van der Waals surface area contributed by atoms with Crippen molar-refractivity contribution in [2.24, 2.45) is 5.92 Å². The Bertz CT molecular complexity index is 589. The zero-order chi connectivity index (χ0) is 19.0. The number of likely N-dealkylation sites (N-methyl/N-ethyl adjacent to an activating group) is 1. The largest absolute Gasteiger partial charge is 0.481 e. The number of piperidine rings is 1. The normalized spacial score (nSPS) is 18.0. The highest BCUT2D eigenvalue weighted by Crippen LogP contribution is 2.16. The minimum atomic E-state index is -3.47. The molecule has 0 aromatic heterocycles. The predicted octanol–water partition coefficient (Wildman–Crippen LogP) is 0.373. The number of aliphatic carboxylic acids is 1. The number of rotatable bonds is 9. The molecule has 0 bridgehead atoms. The highest BCUT2D eigenvalue weighted by atomic mass is 32.2. The Morgan fingerprint density at radius 2 is 1.92 bits per heavy atom. The van der Waals surface area contributed by atoms with Gasteiger partial charge in [-0.05, 0) is 19.3 Å². The van der Waals surface area contributed by atoms with E-state index in [1.165, 1.54) is 11.9 Å². The maximum absolute atomic E-state index is 12.2. The predicted molar refractivity (Wildman–Crippen MR) is 92.8 cm³/mol. The molecule has 1 aliphatic rings. The number of carboxylic acids is 1. The summed E-state index contributed by atoms with van der Waals surface area (Å²) in [6.45, 7) is 2.31. The lowest BCUT2D eigenvalue weighted by Crippen LogP contribution is -2.47. The van der Waals surface area contributed by atoms with Gasteiger partial charge >= 0.3 is 5.97 Å². The molecule has 0 aromatic rings. The summed E-state index contributed by atoms with van der Waals surface area (Å²) in [5.74, 6) is -3.11. The summed E-state index contributed by atoms with van der Waals surface area (Å²) in [5, 5.41) is 9.06. The number of unbranched alkanes of at least 4 members (excludes halogenated alkanes) is 2. The fourth-order valence-electron chi connectivity index (χ4n) is 2.74. The fraction of sp³-hybridized carbons (Fsp3) is 0.812. The van der Waals surface area contributed by atoms with Crippen LogP contribution in [0.1, 0.15) is 39.0 Å². The van der Waals surface area contributed by atoms with Gasteiger partial charge in [-0.2, -0.15) is 0 Å². The molecule has 1 heterocycles. The number of carbonyl (C=O) groups excluding carboxylic acids is 2. The van der Waals surface area contributed by atoms with Crippen molar-refractivity contribution in [1.29, 1.82) is 0 Å². The maximum Gasteiger partial charge on any atom is 0.308 e. The topological polar surface area (TPSA) is 112 Å². The minimum Gasteiger partial charge on any atom is -0.481 e. The first-order valence-electron chi connectivity index (χ1n) is 8.61. The second kappa shape index (κ2) is 9.74. The minimum absolute atomic E-state index is 0.0270. The van der Waals surface area contributed by atoms with Crippen molar-refractivity contribution in [2.75, 3.05) is 38.2 Å². The first-order chi connectivity index (χ1) is 11.7. The number of nitrogens with zero attached hydrogens (tertiary/aromatic N) is 2. The number of sulfone groups is 1. The summed E-state index contributed by atoms with van der Waals surface area (Å²) in [4.78, 5) is 37.9. The lowest BCUT2D eigenvalue weighted by Gasteiger charge is -2.32. The molecule has 0 saturated carbocycles. The molecule has 0 spiro atoms.